The van der Waals surface area contributed by atoms with E-state index in [1.54, 1.807) is 6.08 Å². The van der Waals surface area contributed by atoms with E-state index in [9.17, 15) is 0 Å². The molecule has 0 aromatic carbocycles. The van der Waals surface area contributed by atoms with Crippen molar-refractivity contribution in [3.8, 4) is 0 Å². The Bertz CT molecular complexity index is 250. The van der Waals surface area contributed by atoms with Crippen molar-refractivity contribution < 1.29 is 9.31 Å². The Kier molecular flexibility index (Phi) is 2.93. The molecular formula is C11H19BO2. The third-order valence-corrected chi connectivity index (χ3v) is 3.09. The van der Waals surface area contributed by atoms with Crippen molar-refractivity contribution in [1.29, 1.82) is 0 Å². The Balaban J connectivity index is 2.88. The summed E-state index contributed by atoms with van der Waals surface area (Å²) in [5, 5.41) is 0. The first kappa shape index (κ1) is 11.5. The zero-order valence-electron chi connectivity index (χ0n) is 9.76. The molecule has 1 fully saturated rings. The van der Waals surface area contributed by atoms with E-state index in [-0.39, 0.29) is 18.3 Å². The summed E-state index contributed by atoms with van der Waals surface area (Å²) in [6.07, 6.45) is 3.75. The van der Waals surface area contributed by atoms with Gasteiger partial charge in [0.15, 0.2) is 0 Å². The maximum absolute atomic E-state index is 5.85. The molecule has 0 bridgehead atoms. The zero-order chi connectivity index (χ0) is 11.0. The second kappa shape index (κ2) is 3.56. The second-order valence-corrected chi connectivity index (χ2v) is 4.58. The monoisotopic (exact) mass is 194 g/mol. The van der Waals surface area contributed by atoms with Crippen molar-refractivity contribution in [1.82, 2.24) is 0 Å². The van der Waals surface area contributed by atoms with E-state index in [1.165, 1.54) is 0 Å². The minimum Gasteiger partial charge on any atom is -0.399 e. The molecule has 78 valence electrons. The first-order valence-corrected chi connectivity index (χ1v) is 4.98. The Morgan fingerprint density at radius 3 is 1.86 bits per heavy atom. The average molecular weight is 194 g/mol. The molecule has 0 aromatic rings. The van der Waals surface area contributed by atoms with Crippen LogP contribution in [-0.2, 0) is 9.31 Å². The van der Waals surface area contributed by atoms with Gasteiger partial charge in [-0.1, -0.05) is 18.7 Å². The fourth-order valence-corrected chi connectivity index (χ4v) is 1.33. The van der Waals surface area contributed by atoms with Crippen molar-refractivity contribution in [2.75, 3.05) is 0 Å². The summed E-state index contributed by atoms with van der Waals surface area (Å²) >= 11 is 0. The molecule has 14 heavy (non-hydrogen) atoms. The maximum atomic E-state index is 5.85. The Morgan fingerprint density at radius 2 is 1.57 bits per heavy atom. The van der Waals surface area contributed by atoms with E-state index < -0.39 is 0 Å². The molecule has 0 amide bonds. The SMILES string of the molecule is C=C/C(=C\C)B1OC(C)(C)C(C)(C)O1. The summed E-state index contributed by atoms with van der Waals surface area (Å²) in [6, 6.07) is 0. The minimum absolute atomic E-state index is 0.269. The van der Waals surface area contributed by atoms with Gasteiger partial charge in [-0.3, -0.25) is 0 Å². The van der Waals surface area contributed by atoms with E-state index in [2.05, 4.69) is 6.58 Å². The highest BCUT2D eigenvalue weighted by Crippen LogP contribution is 2.38. The van der Waals surface area contributed by atoms with Crippen molar-refractivity contribution in [3.63, 3.8) is 0 Å². The Morgan fingerprint density at radius 1 is 1.14 bits per heavy atom. The lowest BCUT2D eigenvalue weighted by Gasteiger charge is -2.32. The molecule has 2 nitrogen and oxygen atoms in total. The van der Waals surface area contributed by atoms with Gasteiger partial charge in [-0.2, -0.15) is 0 Å². The van der Waals surface area contributed by atoms with Gasteiger partial charge < -0.3 is 9.31 Å². The van der Waals surface area contributed by atoms with Gasteiger partial charge in [0.2, 0.25) is 0 Å². The van der Waals surface area contributed by atoms with Crippen LogP contribution < -0.4 is 0 Å². The third-order valence-electron chi connectivity index (χ3n) is 3.09. The maximum Gasteiger partial charge on any atom is 0.494 e. The van der Waals surface area contributed by atoms with Crippen molar-refractivity contribution in [2.24, 2.45) is 0 Å². The van der Waals surface area contributed by atoms with E-state index in [1.807, 2.05) is 40.7 Å². The molecule has 0 N–H and O–H groups in total. The molecule has 0 spiro atoms. The number of hydrogen-bond donors (Lipinski definition) is 0. The van der Waals surface area contributed by atoms with Crippen LogP contribution in [-0.4, -0.2) is 18.3 Å². The van der Waals surface area contributed by atoms with Crippen LogP contribution >= 0.6 is 0 Å². The fraction of sp³-hybridized carbons (Fsp3) is 0.636. The van der Waals surface area contributed by atoms with Gasteiger partial charge in [0.25, 0.3) is 0 Å². The summed E-state index contributed by atoms with van der Waals surface area (Å²) in [7, 11) is -0.275. The van der Waals surface area contributed by atoms with Crippen LogP contribution in [0, 0.1) is 0 Å². The highest BCUT2D eigenvalue weighted by molar-refractivity contribution is 6.55. The molecule has 1 heterocycles. The summed E-state index contributed by atoms with van der Waals surface area (Å²) in [4.78, 5) is 0. The molecule has 0 atom stereocenters. The average Bonchev–Trinajstić information content (AvgIpc) is 2.23. The van der Waals surface area contributed by atoms with Gasteiger partial charge in [0, 0.05) is 0 Å². The standard InChI is InChI=1S/C11H19BO2/c1-7-9(8-2)12-13-10(3,4)11(5,6)14-12/h7-8H,1H2,2-6H3/b9-8+. The van der Waals surface area contributed by atoms with Crippen molar-refractivity contribution in [2.45, 2.75) is 45.8 Å². The van der Waals surface area contributed by atoms with Crippen LogP contribution in [0.4, 0.5) is 0 Å². The largest absolute Gasteiger partial charge is 0.494 e. The minimum atomic E-state index is -0.275. The van der Waals surface area contributed by atoms with Crippen LogP contribution in [0.3, 0.4) is 0 Å². The molecule has 1 rings (SSSR count). The first-order valence-electron chi connectivity index (χ1n) is 4.98. The molecule has 0 saturated carbocycles. The van der Waals surface area contributed by atoms with E-state index in [4.69, 9.17) is 9.31 Å². The topological polar surface area (TPSA) is 18.5 Å². The van der Waals surface area contributed by atoms with E-state index in [0.29, 0.717) is 0 Å². The predicted molar refractivity (Wildman–Crippen MR) is 60.0 cm³/mol. The lowest BCUT2D eigenvalue weighted by Crippen LogP contribution is -2.41. The predicted octanol–water partition coefficient (Wildman–Crippen LogP) is 2.75. The summed E-state index contributed by atoms with van der Waals surface area (Å²) in [5.74, 6) is 0. The molecule has 0 radical (unpaired) electrons. The van der Waals surface area contributed by atoms with Gasteiger partial charge in [-0.05, 0) is 40.1 Å². The number of hydrogen-bond acceptors (Lipinski definition) is 2. The fourth-order valence-electron chi connectivity index (χ4n) is 1.33. The smallest absolute Gasteiger partial charge is 0.399 e. The van der Waals surface area contributed by atoms with Crippen LogP contribution in [0.1, 0.15) is 34.6 Å². The highest BCUT2D eigenvalue weighted by Gasteiger charge is 2.51. The molecule has 0 unspecified atom stereocenters. The first-order chi connectivity index (χ1) is 6.34. The van der Waals surface area contributed by atoms with Gasteiger partial charge in [-0.15, -0.1) is 0 Å². The molecule has 1 aliphatic rings. The molecular weight excluding hydrogens is 175 g/mol. The van der Waals surface area contributed by atoms with Crippen LogP contribution in [0.2, 0.25) is 0 Å². The molecule has 0 aliphatic carbocycles. The van der Waals surface area contributed by atoms with Gasteiger partial charge in [0.05, 0.1) is 11.2 Å². The summed E-state index contributed by atoms with van der Waals surface area (Å²) in [6.45, 7) is 13.9. The number of rotatable bonds is 2. The zero-order valence-corrected chi connectivity index (χ0v) is 9.76. The highest BCUT2D eigenvalue weighted by atomic mass is 16.7. The molecule has 1 saturated heterocycles. The molecule has 0 aromatic heterocycles. The van der Waals surface area contributed by atoms with Gasteiger partial charge in [-0.25, -0.2) is 0 Å². The lowest BCUT2D eigenvalue weighted by atomic mass is 9.78. The van der Waals surface area contributed by atoms with Crippen molar-refractivity contribution >= 4 is 7.12 Å². The normalized spacial score (nSPS) is 25.2. The summed E-state index contributed by atoms with van der Waals surface area (Å²) < 4.78 is 11.7. The lowest BCUT2D eigenvalue weighted by molar-refractivity contribution is 0.00578. The van der Waals surface area contributed by atoms with E-state index >= 15 is 0 Å². The van der Waals surface area contributed by atoms with Crippen molar-refractivity contribution in [3.05, 3.63) is 24.2 Å². The third kappa shape index (κ3) is 1.79. The summed E-state index contributed by atoms with van der Waals surface area (Å²) in [5.41, 5.74) is 0.452. The quantitative estimate of drug-likeness (QED) is 0.497. The Labute approximate surface area is 87.1 Å². The second-order valence-electron chi connectivity index (χ2n) is 4.58. The van der Waals surface area contributed by atoms with E-state index in [0.717, 1.165) is 5.47 Å². The Hall–Kier alpha value is -0.535. The van der Waals surface area contributed by atoms with Crippen LogP contribution in [0.5, 0.6) is 0 Å². The molecule has 1 aliphatic heterocycles. The van der Waals surface area contributed by atoms with Gasteiger partial charge >= 0.3 is 7.12 Å². The van der Waals surface area contributed by atoms with Crippen LogP contribution in [0.15, 0.2) is 24.2 Å². The van der Waals surface area contributed by atoms with Crippen LogP contribution in [0.25, 0.3) is 0 Å². The molecule has 3 heteroatoms. The van der Waals surface area contributed by atoms with Gasteiger partial charge in [0.1, 0.15) is 0 Å². The number of allylic oxidation sites excluding steroid dienone is 3.